The molecule has 0 aliphatic carbocycles. The molecule has 1 amide bonds. The Morgan fingerprint density at radius 2 is 1.70 bits per heavy atom. The van der Waals surface area contributed by atoms with E-state index in [1.54, 1.807) is 19.1 Å². The summed E-state index contributed by atoms with van der Waals surface area (Å²) >= 11 is 0. The monoisotopic (exact) mass is 423 g/mol. The minimum atomic E-state index is -4.52. The van der Waals surface area contributed by atoms with Gasteiger partial charge in [-0.25, -0.2) is 4.39 Å². The van der Waals surface area contributed by atoms with Crippen molar-refractivity contribution in [2.75, 3.05) is 0 Å². The molecule has 0 saturated heterocycles. The maximum atomic E-state index is 13.3. The molecule has 164 valence electrons. The van der Waals surface area contributed by atoms with Gasteiger partial charge >= 0.3 is 6.18 Å². The van der Waals surface area contributed by atoms with Crippen LogP contribution in [0.1, 0.15) is 67.9 Å². The number of nitrogens with one attached hydrogen (secondary N) is 1. The molecule has 6 heteroatoms. The first-order valence-corrected chi connectivity index (χ1v) is 10.0. The van der Waals surface area contributed by atoms with E-state index in [4.69, 9.17) is 0 Å². The van der Waals surface area contributed by atoms with Crippen LogP contribution in [0.15, 0.2) is 60.7 Å². The van der Waals surface area contributed by atoms with Crippen LogP contribution >= 0.6 is 0 Å². The topological polar surface area (TPSA) is 29.1 Å². The average molecular weight is 423 g/mol. The van der Waals surface area contributed by atoms with Crippen LogP contribution in [0.4, 0.5) is 17.6 Å². The van der Waals surface area contributed by atoms with E-state index in [0.717, 1.165) is 24.1 Å². The molecule has 2 unspecified atom stereocenters. The maximum Gasteiger partial charge on any atom is 0.416 e. The molecule has 0 aliphatic heterocycles. The second kappa shape index (κ2) is 11.5. The highest BCUT2D eigenvalue weighted by Gasteiger charge is 2.31. The van der Waals surface area contributed by atoms with Gasteiger partial charge in [0.2, 0.25) is 0 Å². The van der Waals surface area contributed by atoms with E-state index in [1.807, 2.05) is 20.8 Å². The number of halogens is 4. The molecule has 0 radical (unpaired) electrons. The highest BCUT2D eigenvalue weighted by atomic mass is 19.4. The molecule has 0 saturated carbocycles. The van der Waals surface area contributed by atoms with Gasteiger partial charge in [0.1, 0.15) is 5.82 Å². The van der Waals surface area contributed by atoms with Crippen LogP contribution in [0.25, 0.3) is 0 Å². The normalized spacial score (nSPS) is 12.9. The second-order valence-corrected chi connectivity index (χ2v) is 6.82. The van der Waals surface area contributed by atoms with Crippen LogP contribution in [-0.4, -0.2) is 11.9 Å². The van der Waals surface area contributed by atoms with Gasteiger partial charge < -0.3 is 5.32 Å². The molecular formula is C24H29F4NO. The van der Waals surface area contributed by atoms with Crippen molar-refractivity contribution in [1.82, 2.24) is 5.32 Å². The van der Waals surface area contributed by atoms with Crippen molar-refractivity contribution in [3.63, 3.8) is 0 Å². The Morgan fingerprint density at radius 3 is 2.20 bits per heavy atom. The molecule has 2 rings (SSSR count). The molecule has 2 atom stereocenters. The Morgan fingerprint density at radius 1 is 1.10 bits per heavy atom. The summed E-state index contributed by atoms with van der Waals surface area (Å²) in [5.41, 5.74) is 0.551. The first kappa shape index (κ1) is 25.4. The summed E-state index contributed by atoms with van der Waals surface area (Å²) in [7, 11) is 0. The lowest BCUT2D eigenvalue weighted by molar-refractivity contribution is -0.137. The summed E-state index contributed by atoms with van der Waals surface area (Å²) < 4.78 is 52.1. The molecule has 2 nitrogen and oxygen atoms in total. The number of hydrogen-bond donors (Lipinski definition) is 1. The van der Waals surface area contributed by atoms with Crippen molar-refractivity contribution < 1.29 is 22.4 Å². The molecular weight excluding hydrogens is 394 g/mol. The zero-order valence-corrected chi connectivity index (χ0v) is 17.8. The van der Waals surface area contributed by atoms with Gasteiger partial charge in [0.05, 0.1) is 11.6 Å². The van der Waals surface area contributed by atoms with Gasteiger partial charge in [-0.05, 0) is 49.2 Å². The predicted molar refractivity (Wildman–Crippen MR) is 113 cm³/mol. The van der Waals surface area contributed by atoms with E-state index in [0.29, 0.717) is 12.0 Å². The number of hydrogen-bond acceptors (Lipinski definition) is 1. The highest BCUT2D eigenvalue weighted by molar-refractivity contribution is 5.94. The number of carbonyl (C=O) groups is 1. The van der Waals surface area contributed by atoms with Gasteiger partial charge in [-0.3, -0.25) is 4.79 Å². The average Bonchev–Trinajstić information content (AvgIpc) is 2.72. The summed E-state index contributed by atoms with van der Waals surface area (Å²) in [6.07, 6.45) is -3.01. The fourth-order valence-electron chi connectivity index (χ4n) is 3.18. The lowest BCUT2D eigenvalue weighted by atomic mass is 9.84. The van der Waals surface area contributed by atoms with E-state index >= 15 is 0 Å². The van der Waals surface area contributed by atoms with Crippen molar-refractivity contribution in [3.05, 3.63) is 83.2 Å². The quantitative estimate of drug-likeness (QED) is 0.372. The van der Waals surface area contributed by atoms with Crippen LogP contribution in [0, 0.1) is 5.82 Å². The first-order chi connectivity index (χ1) is 14.1. The van der Waals surface area contributed by atoms with E-state index in [1.165, 1.54) is 24.3 Å². The third-order valence-corrected chi connectivity index (χ3v) is 4.57. The molecule has 30 heavy (non-hydrogen) atoms. The van der Waals surface area contributed by atoms with E-state index < -0.39 is 23.7 Å². The standard InChI is InChI=1S/C22H23F4NO.C2H6/c1-4-6-19(15-9-11-18(23)12-10-15)20(14(2)3)27-21(28)16-7-5-8-17(13-16)22(24,25)26;1-2/h5,7-13,19-20H,2,4,6H2,1,3H3,(H,27,28);1-2H3. The molecule has 2 aromatic carbocycles. The summed E-state index contributed by atoms with van der Waals surface area (Å²) in [6, 6.07) is 9.81. The zero-order chi connectivity index (χ0) is 22.9. The van der Waals surface area contributed by atoms with Crippen molar-refractivity contribution in [2.24, 2.45) is 0 Å². The van der Waals surface area contributed by atoms with Gasteiger partial charge in [-0.15, -0.1) is 0 Å². The summed E-state index contributed by atoms with van der Waals surface area (Å²) in [6.45, 7) is 11.7. The minimum absolute atomic E-state index is 0.0737. The first-order valence-electron chi connectivity index (χ1n) is 10.0. The molecule has 2 aromatic rings. The van der Waals surface area contributed by atoms with Gasteiger partial charge in [0.25, 0.3) is 5.91 Å². The SMILES string of the molecule is C=C(C)C(NC(=O)c1cccc(C(F)(F)F)c1)C(CCC)c1ccc(F)cc1.CC. The molecule has 0 spiro atoms. The minimum Gasteiger partial charge on any atom is -0.345 e. The van der Waals surface area contributed by atoms with Crippen LogP contribution < -0.4 is 5.32 Å². The summed E-state index contributed by atoms with van der Waals surface area (Å²) in [5.74, 6) is -1.14. The van der Waals surface area contributed by atoms with Crippen LogP contribution in [0.3, 0.4) is 0 Å². The molecule has 1 N–H and O–H groups in total. The largest absolute Gasteiger partial charge is 0.416 e. The van der Waals surface area contributed by atoms with E-state index in [-0.39, 0.29) is 17.3 Å². The molecule has 0 bridgehead atoms. The number of rotatable bonds is 7. The molecule has 0 heterocycles. The van der Waals surface area contributed by atoms with E-state index in [2.05, 4.69) is 11.9 Å². The molecule has 0 fully saturated rings. The van der Waals surface area contributed by atoms with Crippen LogP contribution in [0.5, 0.6) is 0 Å². The van der Waals surface area contributed by atoms with Crippen molar-refractivity contribution >= 4 is 5.91 Å². The maximum absolute atomic E-state index is 13.3. The Hall–Kier alpha value is -2.63. The Bertz CT molecular complexity index is 828. The Balaban J connectivity index is 0.00000218. The van der Waals surface area contributed by atoms with Crippen molar-refractivity contribution in [2.45, 2.75) is 58.7 Å². The van der Waals surface area contributed by atoms with Crippen LogP contribution in [-0.2, 0) is 6.18 Å². The fourth-order valence-corrected chi connectivity index (χ4v) is 3.18. The van der Waals surface area contributed by atoms with Gasteiger partial charge in [0.15, 0.2) is 0 Å². The lowest BCUT2D eigenvalue weighted by Crippen LogP contribution is -2.40. The van der Waals surface area contributed by atoms with Crippen molar-refractivity contribution in [1.29, 1.82) is 0 Å². The zero-order valence-electron chi connectivity index (χ0n) is 17.8. The third-order valence-electron chi connectivity index (χ3n) is 4.57. The lowest BCUT2D eigenvalue weighted by Gasteiger charge is -2.29. The van der Waals surface area contributed by atoms with E-state index in [9.17, 15) is 22.4 Å². The Kier molecular flexibility index (Phi) is 9.76. The second-order valence-electron chi connectivity index (χ2n) is 6.82. The van der Waals surface area contributed by atoms with Gasteiger partial charge in [0, 0.05) is 11.5 Å². The number of alkyl halides is 3. The van der Waals surface area contributed by atoms with Crippen molar-refractivity contribution in [3.8, 4) is 0 Å². The molecule has 0 aliphatic rings. The number of benzene rings is 2. The summed E-state index contributed by atoms with van der Waals surface area (Å²) in [4.78, 5) is 12.7. The van der Waals surface area contributed by atoms with Gasteiger partial charge in [-0.1, -0.05) is 57.5 Å². The third kappa shape index (κ3) is 7.01. The fraction of sp³-hybridized carbons (Fsp3) is 0.375. The highest BCUT2D eigenvalue weighted by Crippen LogP contribution is 2.31. The van der Waals surface area contributed by atoms with Crippen LogP contribution in [0.2, 0.25) is 0 Å². The molecule has 0 aromatic heterocycles. The Labute approximate surface area is 176 Å². The van der Waals surface area contributed by atoms with Gasteiger partial charge in [-0.2, -0.15) is 13.2 Å². The summed E-state index contributed by atoms with van der Waals surface area (Å²) in [5, 5.41) is 2.81. The predicted octanol–water partition coefficient (Wildman–Crippen LogP) is 7.13. The number of amides is 1. The smallest absolute Gasteiger partial charge is 0.345 e. The number of carbonyl (C=O) groups excluding carboxylic acids is 1.